The van der Waals surface area contributed by atoms with Crippen LogP contribution in [-0.4, -0.2) is 16.3 Å². The third kappa shape index (κ3) is 1.68. The van der Waals surface area contributed by atoms with E-state index in [0.29, 0.717) is 0 Å². The zero-order chi connectivity index (χ0) is 9.14. The fourth-order valence-electron chi connectivity index (χ4n) is 0.776. The minimum absolute atomic E-state index is 0.248. The maximum absolute atomic E-state index is 10.3. The monoisotopic (exact) mass is 185 g/mol. The van der Waals surface area contributed by atoms with E-state index in [1.165, 1.54) is 23.9 Å². The Morgan fingerprint density at radius 2 is 2.25 bits per heavy atom. The van der Waals surface area contributed by atoms with E-state index in [0.717, 1.165) is 4.90 Å². The van der Waals surface area contributed by atoms with Crippen LogP contribution in [0.3, 0.4) is 0 Å². The topological polar surface area (TPSA) is 63.4 Å². The lowest BCUT2D eigenvalue weighted by molar-refractivity contribution is -0.386. The first-order valence-electron chi connectivity index (χ1n) is 3.16. The molecule has 0 aliphatic rings. The van der Waals surface area contributed by atoms with E-state index in [1.54, 1.807) is 6.07 Å². The highest BCUT2D eigenvalue weighted by Crippen LogP contribution is 2.29. The molecule has 0 heterocycles. The highest BCUT2D eigenvalue weighted by Gasteiger charge is 2.12. The molecule has 12 heavy (non-hydrogen) atoms. The minimum atomic E-state index is -0.602. The molecular weight excluding hydrogens is 178 g/mol. The van der Waals surface area contributed by atoms with Crippen molar-refractivity contribution in [2.45, 2.75) is 4.90 Å². The zero-order valence-corrected chi connectivity index (χ0v) is 7.17. The van der Waals surface area contributed by atoms with E-state index >= 15 is 0 Å². The van der Waals surface area contributed by atoms with E-state index in [-0.39, 0.29) is 11.4 Å². The van der Waals surface area contributed by atoms with Crippen molar-refractivity contribution in [3.05, 3.63) is 28.3 Å². The molecule has 0 aromatic heterocycles. The van der Waals surface area contributed by atoms with E-state index in [1.807, 2.05) is 6.26 Å². The summed E-state index contributed by atoms with van der Waals surface area (Å²) in [5.74, 6) is -0.294. The molecule has 0 amide bonds. The number of hydrogen-bond donors (Lipinski definition) is 1. The number of benzene rings is 1. The summed E-state index contributed by atoms with van der Waals surface area (Å²) in [6.45, 7) is 0. The Morgan fingerprint density at radius 1 is 1.58 bits per heavy atom. The number of nitro groups is 1. The lowest BCUT2D eigenvalue weighted by Crippen LogP contribution is -1.88. The molecule has 0 spiro atoms. The fraction of sp³-hybridized carbons (Fsp3) is 0.143. The van der Waals surface area contributed by atoms with Crippen molar-refractivity contribution in [1.29, 1.82) is 0 Å². The van der Waals surface area contributed by atoms with Crippen LogP contribution in [0.5, 0.6) is 5.75 Å². The highest BCUT2D eigenvalue weighted by atomic mass is 32.2. The Labute approximate surface area is 73.4 Å². The van der Waals surface area contributed by atoms with Gasteiger partial charge in [-0.2, -0.15) is 0 Å². The average molecular weight is 185 g/mol. The van der Waals surface area contributed by atoms with E-state index in [2.05, 4.69) is 0 Å². The first-order valence-corrected chi connectivity index (χ1v) is 4.39. The molecular formula is C7H7NO3S. The van der Waals surface area contributed by atoms with Crippen molar-refractivity contribution in [2.75, 3.05) is 6.26 Å². The summed E-state index contributed by atoms with van der Waals surface area (Å²) in [5, 5.41) is 19.4. The molecule has 0 aliphatic carbocycles. The summed E-state index contributed by atoms with van der Waals surface area (Å²) in [7, 11) is 0. The molecule has 0 saturated carbocycles. The van der Waals surface area contributed by atoms with Gasteiger partial charge in [0.1, 0.15) is 0 Å². The van der Waals surface area contributed by atoms with E-state index < -0.39 is 4.92 Å². The molecule has 0 aliphatic heterocycles. The van der Waals surface area contributed by atoms with Crippen LogP contribution in [0.15, 0.2) is 23.1 Å². The van der Waals surface area contributed by atoms with Crippen LogP contribution in [0.4, 0.5) is 5.69 Å². The lowest BCUT2D eigenvalue weighted by Gasteiger charge is -1.97. The second-order valence-electron chi connectivity index (χ2n) is 2.11. The van der Waals surface area contributed by atoms with Crippen molar-refractivity contribution in [3.63, 3.8) is 0 Å². The van der Waals surface area contributed by atoms with Gasteiger partial charge in [0.2, 0.25) is 0 Å². The Morgan fingerprint density at radius 3 is 2.75 bits per heavy atom. The number of phenolic OH excluding ortho intramolecular Hbond substituents is 1. The summed E-state index contributed by atoms with van der Waals surface area (Å²) in [6, 6.07) is 4.30. The number of phenols is 1. The Kier molecular flexibility index (Phi) is 2.54. The second kappa shape index (κ2) is 3.44. The van der Waals surface area contributed by atoms with Gasteiger partial charge >= 0.3 is 5.69 Å². The quantitative estimate of drug-likeness (QED) is 0.435. The van der Waals surface area contributed by atoms with Gasteiger partial charge in [-0.15, -0.1) is 11.8 Å². The second-order valence-corrected chi connectivity index (χ2v) is 2.99. The van der Waals surface area contributed by atoms with E-state index in [9.17, 15) is 10.1 Å². The van der Waals surface area contributed by atoms with Crippen LogP contribution in [0.1, 0.15) is 0 Å². The Hall–Kier alpha value is -1.23. The third-order valence-corrected chi connectivity index (χ3v) is 2.10. The number of thioether (sulfide) groups is 1. The maximum atomic E-state index is 10.3. The summed E-state index contributed by atoms with van der Waals surface area (Å²) in [4.78, 5) is 10.5. The normalized spacial score (nSPS) is 9.75. The minimum Gasteiger partial charge on any atom is -0.502 e. The molecule has 1 aromatic carbocycles. The molecule has 0 atom stereocenters. The predicted molar refractivity (Wildman–Crippen MR) is 46.5 cm³/mol. The van der Waals surface area contributed by atoms with Crippen molar-refractivity contribution < 1.29 is 10.0 Å². The van der Waals surface area contributed by atoms with Crippen LogP contribution in [0, 0.1) is 10.1 Å². The summed E-state index contributed by atoms with van der Waals surface area (Å²) in [6.07, 6.45) is 1.82. The number of hydrogen-bond acceptors (Lipinski definition) is 4. The Bertz CT molecular complexity index is 314. The van der Waals surface area contributed by atoms with Gasteiger partial charge in [-0.05, 0) is 18.4 Å². The van der Waals surface area contributed by atoms with Gasteiger partial charge in [0, 0.05) is 11.0 Å². The zero-order valence-electron chi connectivity index (χ0n) is 6.35. The average Bonchev–Trinajstić information content (AvgIpc) is 2.05. The highest BCUT2D eigenvalue weighted by molar-refractivity contribution is 7.98. The third-order valence-electron chi connectivity index (χ3n) is 1.38. The van der Waals surface area contributed by atoms with Gasteiger partial charge < -0.3 is 5.11 Å². The number of rotatable bonds is 2. The molecule has 0 fully saturated rings. The number of aromatic hydroxyl groups is 1. The predicted octanol–water partition coefficient (Wildman–Crippen LogP) is 2.02. The molecule has 1 N–H and O–H groups in total. The van der Waals surface area contributed by atoms with Gasteiger partial charge in [0.05, 0.1) is 4.92 Å². The van der Waals surface area contributed by atoms with Crippen molar-refractivity contribution >= 4 is 17.4 Å². The van der Waals surface area contributed by atoms with Crippen LogP contribution >= 0.6 is 11.8 Å². The molecule has 0 radical (unpaired) electrons. The standard InChI is InChI=1S/C7H7NO3S/c1-12-5-2-3-7(9)6(4-5)8(10)11/h2-4,9H,1H3. The molecule has 1 aromatic rings. The van der Waals surface area contributed by atoms with Crippen LogP contribution in [0.2, 0.25) is 0 Å². The first-order chi connectivity index (χ1) is 5.65. The van der Waals surface area contributed by atoms with Crippen molar-refractivity contribution in [2.24, 2.45) is 0 Å². The van der Waals surface area contributed by atoms with Gasteiger partial charge in [-0.3, -0.25) is 10.1 Å². The maximum Gasteiger partial charge on any atom is 0.311 e. The van der Waals surface area contributed by atoms with Crippen molar-refractivity contribution in [1.82, 2.24) is 0 Å². The summed E-state index contributed by atoms with van der Waals surface area (Å²) < 4.78 is 0. The molecule has 1 rings (SSSR count). The lowest BCUT2D eigenvalue weighted by atomic mass is 10.3. The van der Waals surface area contributed by atoms with Crippen LogP contribution in [0.25, 0.3) is 0 Å². The smallest absolute Gasteiger partial charge is 0.311 e. The fourth-order valence-corrected chi connectivity index (χ4v) is 1.21. The molecule has 0 saturated heterocycles. The largest absolute Gasteiger partial charge is 0.502 e. The van der Waals surface area contributed by atoms with Gasteiger partial charge in [0.15, 0.2) is 5.75 Å². The summed E-state index contributed by atoms with van der Waals surface area (Å²) >= 11 is 1.39. The Balaban J connectivity index is 3.17. The number of nitro benzene ring substituents is 1. The van der Waals surface area contributed by atoms with Crippen LogP contribution < -0.4 is 0 Å². The van der Waals surface area contributed by atoms with Crippen LogP contribution in [-0.2, 0) is 0 Å². The molecule has 64 valence electrons. The van der Waals surface area contributed by atoms with Crippen molar-refractivity contribution in [3.8, 4) is 5.75 Å². The SMILES string of the molecule is CSc1ccc(O)c([N+](=O)[O-])c1. The summed E-state index contributed by atoms with van der Waals surface area (Å²) in [5.41, 5.74) is -0.248. The van der Waals surface area contributed by atoms with Gasteiger partial charge in [-0.25, -0.2) is 0 Å². The molecule has 4 nitrogen and oxygen atoms in total. The molecule has 0 unspecified atom stereocenters. The molecule has 5 heteroatoms. The van der Waals surface area contributed by atoms with E-state index in [4.69, 9.17) is 5.11 Å². The molecule has 0 bridgehead atoms. The van der Waals surface area contributed by atoms with Gasteiger partial charge in [-0.1, -0.05) is 0 Å². The number of nitrogens with zero attached hydrogens (tertiary/aromatic N) is 1. The van der Waals surface area contributed by atoms with Gasteiger partial charge in [0.25, 0.3) is 0 Å². The first kappa shape index (κ1) is 8.86.